The summed E-state index contributed by atoms with van der Waals surface area (Å²) in [4.78, 5) is 2.99. The molecule has 0 spiro atoms. The third kappa shape index (κ3) is 5.19. The lowest BCUT2D eigenvalue weighted by atomic mass is 9.81. The molecule has 5 heteroatoms. The van der Waals surface area contributed by atoms with Crippen molar-refractivity contribution >= 4 is 0 Å². The summed E-state index contributed by atoms with van der Waals surface area (Å²) < 4.78 is 0. The SMILES string of the molecule is CC(C)CC(C)N=NC(C)(N=[N+]=[N-])C1CCCCC1. The van der Waals surface area contributed by atoms with Gasteiger partial charge in [-0.3, -0.25) is 0 Å². The zero-order valence-electron chi connectivity index (χ0n) is 12.7. The highest BCUT2D eigenvalue weighted by molar-refractivity contribution is 4.89. The molecule has 1 fully saturated rings. The van der Waals surface area contributed by atoms with Gasteiger partial charge in [0.15, 0.2) is 5.66 Å². The van der Waals surface area contributed by atoms with E-state index in [-0.39, 0.29) is 6.04 Å². The standard InChI is InChI=1S/C14H27N5/c1-11(2)10-12(3)16-17-14(4,18-19-15)13-8-6-5-7-9-13/h11-13H,5-10H2,1-4H3. The zero-order chi connectivity index (χ0) is 14.3. The van der Waals surface area contributed by atoms with Gasteiger partial charge in [-0.1, -0.05) is 38.2 Å². The summed E-state index contributed by atoms with van der Waals surface area (Å²) in [6.45, 7) is 8.36. The molecule has 0 saturated heterocycles. The second-order valence-corrected chi connectivity index (χ2v) is 6.31. The summed E-state index contributed by atoms with van der Waals surface area (Å²) in [5.74, 6) is 0.946. The van der Waals surface area contributed by atoms with Crippen LogP contribution in [-0.2, 0) is 0 Å². The van der Waals surface area contributed by atoms with Crippen LogP contribution in [0, 0.1) is 11.8 Å². The molecule has 1 rings (SSSR count). The second-order valence-electron chi connectivity index (χ2n) is 6.31. The first-order valence-electron chi connectivity index (χ1n) is 7.46. The summed E-state index contributed by atoms with van der Waals surface area (Å²) in [5.41, 5.74) is 8.11. The molecule has 2 atom stereocenters. The zero-order valence-corrected chi connectivity index (χ0v) is 12.7. The number of azide groups is 1. The van der Waals surface area contributed by atoms with Gasteiger partial charge in [-0.25, -0.2) is 0 Å². The van der Waals surface area contributed by atoms with Gasteiger partial charge in [0.1, 0.15) is 0 Å². The Hall–Kier alpha value is -1.09. The average Bonchev–Trinajstić information content (AvgIpc) is 2.37. The molecule has 2 unspecified atom stereocenters. The molecule has 1 aliphatic carbocycles. The minimum Gasteiger partial charge on any atom is -0.190 e. The van der Waals surface area contributed by atoms with E-state index in [1.165, 1.54) is 19.3 Å². The largest absolute Gasteiger partial charge is 0.190 e. The topological polar surface area (TPSA) is 73.5 Å². The third-order valence-corrected chi connectivity index (χ3v) is 3.90. The van der Waals surface area contributed by atoms with Crippen LogP contribution in [0.2, 0.25) is 0 Å². The van der Waals surface area contributed by atoms with E-state index in [2.05, 4.69) is 41.0 Å². The Bertz CT molecular complexity index is 340. The van der Waals surface area contributed by atoms with Crippen LogP contribution >= 0.6 is 0 Å². The summed E-state index contributed by atoms with van der Waals surface area (Å²) in [6, 6.07) is 0.191. The van der Waals surface area contributed by atoms with E-state index >= 15 is 0 Å². The quantitative estimate of drug-likeness (QED) is 0.346. The highest BCUT2D eigenvalue weighted by atomic mass is 15.3. The Balaban J connectivity index is 2.74. The third-order valence-electron chi connectivity index (χ3n) is 3.90. The Kier molecular flexibility index (Phi) is 6.29. The van der Waals surface area contributed by atoms with Crippen molar-refractivity contribution < 1.29 is 0 Å². The Morgan fingerprint density at radius 1 is 1.21 bits per heavy atom. The van der Waals surface area contributed by atoms with E-state index in [0.717, 1.165) is 19.3 Å². The van der Waals surface area contributed by atoms with Crippen LogP contribution in [0.25, 0.3) is 10.4 Å². The molecule has 0 aromatic heterocycles. The Morgan fingerprint density at radius 3 is 2.37 bits per heavy atom. The van der Waals surface area contributed by atoms with Gasteiger partial charge in [-0.2, -0.15) is 10.2 Å². The molecule has 19 heavy (non-hydrogen) atoms. The number of nitrogens with zero attached hydrogens (tertiary/aromatic N) is 5. The van der Waals surface area contributed by atoms with Gasteiger partial charge in [0, 0.05) is 4.91 Å². The molecule has 0 N–H and O–H groups in total. The fourth-order valence-electron chi connectivity index (χ4n) is 2.87. The molecule has 0 heterocycles. The van der Waals surface area contributed by atoms with Crippen molar-refractivity contribution in [1.29, 1.82) is 0 Å². The molecule has 1 saturated carbocycles. The monoisotopic (exact) mass is 265 g/mol. The van der Waals surface area contributed by atoms with Gasteiger partial charge in [0.25, 0.3) is 0 Å². The molecule has 108 valence electrons. The number of azo groups is 1. The van der Waals surface area contributed by atoms with Gasteiger partial charge >= 0.3 is 0 Å². The van der Waals surface area contributed by atoms with Crippen LogP contribution in [0.5, 0.6) is 0 Å². The normalized spacial score (nSPS) is 22.2. The van der Waals surface area contributed by atoms with Crippen LogP contribution in [0.15, 0.2) is 15.3 Å². The minimum atomic E-state index is -0.694. The number of hydrogen-bond donors (Lipinski definition) is 0. The van der Waals surface area contributed by atoms with E-state index in [1.54, 1.807) is 0 Å². The van der Waals surface area contributed by atoms with Gasteiger partial charge in [-0.05, 0) is 50.5 Å². The van der Waals surface area contributed by atoms with E-state index < -0.39 is 5.66 Å². The molecule has 0 radical (unpaired) electrons. The fraction of sp³-hybridized carbons (Fsp3) is 1.00. The molecule has 5 nitrogen and oxygen atoms in total. The van der Waals surface area contributed by atoms with Crippen molar-refractivity contribution in [3.8, 4) is 0 Å². The number of rotatable bonds is 6. The average molecular weight is 265 g/mol. The van der Waals surface area contributed by atoms with Gasteiger partial charge < -0.3 is 0 Å². The number of hydrogen-bond acceptors (Lipinski definition) is 3. The lowest BCUT2D eigenvalue weighted by molar-refractivity contribution is 0.218. The first kappa shape index (κ1) is 16.0. The highest BCUT2D eigenvalue weighted by Gasteiger charge is 2.34. The van der Waals surface area contributed by atoms with Crippen molar-refractivity contribution in [3.63, 3.8) is 0 Å². The second kappa shape index (κ2) is 7.49. The molecule has 0 amide bonds. The first-order chi connectivity index (χ1) is 8.98. The maximum Gasteiger partial charge on any atom is 0.160 e. The summed E-state index contributed by atoms with van der Waals surface area (Å²) in [6.07, 6.45) is 6.89. The molecule has 1 aliphatic rings. The molecule has 0 aromatic rings. The Labute approximate surface area is 116 Å². The minimum absolute atomic E-state index is 0.191. The van der Waals surface area contributed by atoms with Gasteiger partial charge in [0.05, 0.1) is 6.04 Å². The molecule has 0 aliphatic heterocycles. The first-order valence-corrected chi connectivity index (χ1v) is 7.46. The van der Waals surface area contributed by atoms with Gasteiger partial charge in [-0.15, -0.1) is 0 Å². The van der Waals surface area contributed by atoms with Crippen LogP contribution in [0.4, 0.5) is 0 Å². The van der Waals surface area contributed by atoms with Crippen LogP contribution < -0.4 is 0 Å². The predicted octanol–water partition coefficient (Wildman–Crippen LogP) is 5.48. The predicted molar refractivity (Wildman–Crippen MR) is 77.9 cm³/mol. The summed E-state index contributed by atoms with van der Waals surface area (Å²) >= 11 is 0. The van der Waals surface area contributed by atoms with E-state index in [9.17, 15) is 0 Å². The van der Waals surface area contributed by atoms with Crippen molar-refractivity contribution in [2.45, 2.75) is 77.9 Å². The van der Waals surface area contributed by atoms with E-state index in [1.807, 2.05) is 6.92 Å². The fourth-order valence-corrected chi connectivity index (χ4v) is 2.87. The highest BCUT2D eigenvalue weighted by Crippen LogP contribution is 2.36. The van der Waals surface area contributed by atoms with E-state index in [4.69, 9.17) is 5.53 Å². The van der Waals surface area contributed by atoms with Crippen molar-refractivity contribution in [1.82, 2.24) is 0 Å². The van der Waals surface area contributed by atoms with Gasteiger partial charge in [0.2, 0.25) is 0 Å². The maximum absolute atomic E-state index is 8.80. The summed E-state index contributed by atoms with van der Waals surface area (Å²) in [5, 5.41) is 12.8. The lowest BCUT2D eigenvalue weighted by Gasteiger charge is -2.32. The molecule has 0 bridgehead atoms. The summed E-state index contributed by atoms with van der Waals surface area (Å²) in [7, 11) is 0. The van der Waals surface area contributed by atoms with Crippen molar-refractivity contribution in [3.05, 3.63) is 10.4 Å². The molecular formula is C14H27N5. The lowest BCUT2D eigenvalue weighted by Crippen LogP contribution is -2.31. The Morgan fingerprint density at radius 2 is 1.84 bits per heavy atom. The van der Waals surface area contributed by atoms with Crippen LogP contribution in [-0.4, -0.2) is 11.7 Å². The smallest absolute Gasteiger partial charge is 0.160 e. The van der Waals surface area contributed by atoms with E-state index in [0.29, 0.717) is 11.8 Å². The van der Waals surface area contributed by atoms with Crippen LogP contribution in [0.1, 0.15) is 66.2 Å². The molecular weight excluding hydrogens is 238 g/mol. The maximum atomic E-state index is 8.80. The van der Waals surface area contributed by atoms with Crippen LogP contribution in [0.3, 0.4) is 0 Å². The molecule has 0 aromatic carbocycles. The van der Waals surface area contributed by atoms with Crippen molar-refractivity contribution in [2.75, 3.05) is 0 Å². The van der Waals surface area contributed by atoms with Crippen molar-refractivity contribution in [2.24, 2.45) is 27.2 Å².